The van der Waals surface area contributed by atoms with Crippen LogP contribution in [0.2, 0.25) is 0 Å². The van der Waals surface area contributed by atoms with Gasteiger partial charge < -0.3 is 5.11 Å². The number of hydrogen-bond donors (Lipinski definition) is 1. The van der Waals surface area contributed by atoms with Crippen molar-refractivity contribution >= 4 is 11.3 Å². The van der Waals surface area contributed by atoms with E-state index in [1.165, 1.54) is 10.4 Å². The molecular formula is C15H16OS. The molecule has 0 aliphatic rings. The number of rotatable bonds is 2. The van der Waals surface area contributed by atoms with Crippen LogP contribution >= 0.6 is 11.3 Å². The highest BCUT2D eigenvalue weighted by atomic mass is 32.1. The highest BCUT2D eigenvalue weighted by Crippen LogP contribution is 2.23. The lowest BCUT2D eigenvalue weighted by molar-refractivity contribution is 0.516. The topological polar surface area (TPSA) is 20.2 Å². The van der Waals surface area contributed by atoms with Crippen LogP contribution in [0.15, 0.2) is 47.8 Å². The molecule has 88 valence electrons. The highest BCUT2D eigenvalue weighted by Gasteiger charge is 1.93. The molecule has 0 atom stereocenters. The summed E-state index contributed by atoms with van der Waals surface area (Å²) in [5, 5.41) is 9.94. The maximum atomic E-state index is 7.84. The Balaban J connectivity index is 0.000000209. The zero-order chi connectivity index (χ0) is 12.3. The molecule has 0 fully saturated rings. The van der Waals surface area contributed by atoms with Crippen LogP contribution in [0.3, 0.4) is 0 Å². The van der Waals surface area contributed by atoms with Crippen molar-refractivity contribution in [3.8, 4) is 22.5 Å². The minimum Gasteiger partial charge on any atom is -0.462 e. The van der Waals surface area contributed by atoms with Gasteiger partial charge in [0.1, 0.15) is 6.11 Å². The lowest BCUT2D eigenvalue weighted by Crippen LogP contribution is -1.67. The first-order valence-corrected chi connectivity index (χ1v) is 6.47. The van der Waals surface area contributed by atoms with E-state index in [1.807, 2.05) is 19.1 Å². The van der Waals surface area contributed by atoms with Gasteiger partial charge in [-0.25, -0.2) is 0 Å². The van der Waals surface area contributed by atoms with Crippen molar-refractivity contribution < 1.29 is 5.11 Å². The van der Waals surface area contributed by atoms with E-state index in [1.54, 1.807) is 11.3 Å². The fourth-order valence-electron chi connectivity index (χ4n) is 1.23. The molecule has 17 heavy (non-hydrogen) atoms. The number of benzene rings is 1. The van der Waals surface area contributed by atoms with Gasteiger partial charge in [0, 0.05) is 11.3 Å². The molecular weight excluding hydrogens is 228 g/mol. The lowest BCUT2D eigenvalue weighted by atomic mass is 10.2. The quantitative estimate of drug-likeness (QED) is 0.769. The Morgan fingerprint density at radius 2 is 1.88 bits per heavy atom. The van der Waals surface area contributed by atoms with Crippen LogP contribution in [0, 0.1) is 12.0 Å². The SMILES string of the molecule is CCCC#CO.c1ccc(-c2cccs2)cc1. The first-order valence-electron chi connectivity index (χ1n) is 5.59. The van der Waals surface area contributed by atoms with Crippen molar-refractivity contribution in [1.82, 2.24) is 0 Å². The molecule has 1 aromatic carbocycles. The van der Waals surface area contributed by atoms with Crippen LogP contribution in [-0.2, 0) is 0 Å². The third-order valence-corrected chi connectivity index (χ3v) is 2.95. The summed E-state index contributed by atoms with van der Waals surface area (Å²) in [5.41, 5.74) is 1.31. The minimum atomic E-state index is 0.802. The molecule has 0 saturated carbocycles. The Bertz CT molecular complexity index is 449. The summed E-state index contributed by atoms with van der Waals surface area (Å²) in [6.07, 6.45) is 3.64. The van der Waals surface area contributed by atoms with E-state index in [9.17, 15) is 0 Å². The molecule has 0 saturated heterocycles. The minimum absolute atomic E-state index is 0.802. The second kappa shape index (κ2) is 8.43. The predicted octanol–water partition coefficient (Wildman–Crippen LogP) is 4.54. The molecule has 1 heterocycles. The summed E-state index contributed by atoms with van der Waals surface area (Å²) >= 11 is 1.78. The van der Waals surface area contributed by atoms with Gasteiger partial charge in [-0.05, 0) is 23.4 Å². The van der Waals surface area contributed by atoms with E-state index in [0.717, 1.165) is 12.8 Å². The lowest BCUT2D eigenvalue weighted by Gasteiger charge is -1.93. The molecule has 0 amide bonds. The molecule has 0 spiro atoms. The molecule has 0 aliphatic heterocycles. The smallest absolute Gasteiger partial charge is 0.107 e. The van der Waals surface area contributed by atoms with Crippen molar-refractivity contribution in [1.29, 1.82) is 0 Å². The Kier molecular flexibility index (Phi) is 6.62. The summed E-state index contributed by atoms with van der Waals surface area (Å²) in [4.78, 5) is 1.34. The Morgan fingerprint density at radius 3 is 2.35 bits per heavy atom. The third-order valence-electron chi connectivity index (χ3n) is 2.03. The van der Waals surface area contributed by atoms with Gasteiger partial charge in [-0.15, -0.1) is 11.3 Å². The van der Waals surface area contributed by atoms with E-state index in [-0.39, 0.29) is 0 Å². The van der Waals surface area contributed by atoms with Crippen LogP contribution < -0.4 is 0 Å². The fourth-order valence-corrected chi connectivity index (χ4v) is 1.96. The maximum absolute atomic E-state index is 7.84. The fraction of sp³-hybridized carbons (Fsp3) is 0.200. The van der Waals surface area contributed by atoms with E-state index >= 15 is 0 Å². The number of thiophene rings is 1. The average Bonchev–Trinajstić information content (AvgIpc) is 2.92. The maximum Gasteiger partial charge on any atom is 0.107 e. The van der Waals surface area contributed by atoms with Gasteiger partial charge >= 0.3 is 0 Å². The van der Waals surface area contributed by atoms with Crippen molar-refractivity contribution in [3.63, 3.8) is 0 Å². The monoisotopic (exact) mass is 244 g/mol. The van der Waals surface area contributed by atoms with Crippen molar-refractivity contribution in [2.24, 2.45) is 0 Å². The molecule has 1 aromatic heterocycles. The molecule has 2 aromatic rings. The van der Waals surface area contributed by atoms with E-state index in [0.29, 0.717) is 0 Å². The summed E-state index contributed by atoms with van der Waals surface area (Å²) in [6.45, 7) is 2.02. The number of aliphatic hydroxyl groups is 1. The van der Waals surface area contributed by atoms with Crippen LogP contribution in [0.4, 0.5) is 0 Å². The standard InChI is InChI=1S/C10H8S.C5H8O/c1-2-5-9(6-3-1)10-7-4-8-11-10;1-2-3-4-5-6/h1-8H;6H,2-3H2,1H3. The van der Waals surface area contributed by atoms with Crippen molar-refractivity contribution in [2.45, 2.75) is 19.8 Å². The molecule has 0 aliphatic carbocycles. The second-order valence-electron chi connectivity index (χ2n) is 3.38. The van der Waals surface area contributed by atoms with E-state index < -0.39 is 0 Å². The van der Waals surface area contributed by atoms with Crippen LogP contribution in [-0.4, -0.2) is 5.11 Å². The first kappa shape index (κ1) is 13.3. The van der Waals surface area contributed by atoms with Gasteiger partial charge in [0.25, 0.3) is 0 Å². The Hall–Kier alpha value is -1.72. The first-order chi connectivity index (χ1) is 8.38. The molecule has 0 unspecified atom stereocenters. The van der Waals surface area contributed by atoms with E-state index in [2.05, 4.69) is 47.7 Å². The van der Waals surface area contributed by atoms with E-state index in [4.69, 9.17) is 5.11 Å². The summed E-state index contributed by atoms with van der Waals surface area (Å²) in [6, 6.07) is 14.6. The van der Waals surface area contributed by atoms with Gasteiger partial charge in [-0.1, -0.05) is 49.2 Å². The third kappa shape index (κ3) is 5.24. The second-order valence-corrected chi connectivity index (χ2v) is 4.33. The van der Waals surface area contributed by atoms with Crippen LogP contribution in [0.5, 0.6) is 0 Å². The average molecular weight is 244 g/mol. The number of aliphatic hydroxyl groups excluding tert-OH is 1. The molecule has 2 heteroatoms. The van der Waals surface area contributed by atoms with Gasteiger partial charge in [-0.2, -0.15) is 0 Å². The number of hydrogen-bond acceptors (Lipinski definition) is 2. The molecule has 0 radical (unpaired) electrons. The zero-order valence-electron chi connectivity index (χ0n) is 9.89. The van der Waals surface area contributed by atoms with Gasteiger partial charge in [-0.3, -0.25) is 0 Å². The van der Waals surface area contributed by atoms with Crippen molar-refractivity contribution in [3.05, 3.63) is 47.8 Å². The Morgan fingerprint density at radius 1 is 1.12 bits per heavy atom. The predicted molar refractivity (Wildman–Crippen MR) is 74.4 cm³/mol. The van der Waals surface area contributed by atoms with Crippen LogP contribution in [0.25, 0.3) is 10.4 Å². The van der Waals surface area contributed by atoms with Crippen LogP contribution in [0.1, 0.15) is 19.8 Å². The zero-order valence-corrected chi connectivity index (χ0v) is 10.7. The summed E-state index contributed by atoms with van der Waals surface area (Å²) < 4.78 is 0. The number of unbranched alkanes of at least 4 members (excludes halogenated alkanes) is 1. The van der Waals surface area contributed by atoms with Gasteiger partial charge in [0.15, 0.2) is 0 Å². The summed E-state index contributed by atoms with van der Waals surface area (Å²) in [7, 11) is 0. The normalized spacial score (nSPS) is 8.53. The largest absolute Gasteiger partial charge is 0.462 e. The molecule has 2 rings (SSSR count). The van der Waals surface area contributed by atoms with Gasteiger partial charge in [0.2, 0.25) is 0 Å². The summed E-state index contributed by atoms with van der Waals surface area (Å²) in [5.74, 6) is 2.50. The molecule has 0 bridgehead atoms. The molecule has 1 nitrogen and oxygen atoms in total. The van der Waals surface area contributed by atoms with Gasteiger partial charge in [0.05, 0.1) is 0 Å². The highest BCUT2D eigenvalue weighted by molar-refractivity contribution is 7.13. The Labute approximate surface area is 107 Å². The van der Waals surface area contributed by atoms with Crippen molar-refractivity contribution in [2.75, 3.05) is 0 Å². The molecule has 1 N–H and O–H groups in total.